The first kappa shape index (κ1) is 28.4. The Morgan fingerprint density at radius 3 is 2.60 bits per heavy atom. The number of ether oxygens (including phenoxy) is 1. The zero-order chi connectivity index (χ0) is 30.0. The summed E-state index contributed by atoms with van der Waals surface area (Å²) in [5, 5.41) is 23.3. The number of hydrogen-bond donors (Lipinski definition) is 5. The largest absolute Gasteiger partial charge is 0.453 e. The van der Waals surface area contributed by atoms with Crippen LogP contribution < -0.4 is 25.7 Å². The number of hydrazine groups is 1. The summed E-state index contributed by atoms with van der Waals surface area (Å²) in [6.07, 6.45) is 1.45. The number of hydrogen-bond acceptors (Lipinski definition) is 9. The number of carbonyl (C=O) groups excluding carboxylic acids is 3. The van der Waals surface area contributed by atoms with E-state index in [2.05, 4.69) is 31.2 Å². The summed E-state index contributed by atoms with van der Waals surface area (Å²) in [7, 11) is 0. The predicted molar refractivity (Wildman–Crippen MR) is 148 cm³/mol. The minimum Gasteiger partial charge on any atom is -0.453 e. The Bertz CT molecular complexity index is 1650. The number of urea groups is 1. The van der Waals surface area contributed by atoms with Gasteiger partial charge in [-0.1, -0.05) is 0 Å². The summed E-state index contributed by atoms with van der Waals surface area (Å²) in [5.74, 6) is -2.70. The molecule has 1 saturated heterocycles. The number of benzene rings is 2. The molecule has 2 aromatic heterocycles. The number of carbonyl (C=O) groups is 3. The van der Waals surface area contributed by atoms with Gasteiger partial charge in [0.2, 0.25) is 0 Å². The maximum Gasteiger partial charge on any atom is 0.345 e. The second-order valence-corrected chi connectivity index (χ2v) is 9.31. The lowest BCUT2D eigenvalue weighted by molar-refractivity contribution is -0.130. The molecule has 0 saturated carbocycles. The van der Waals surface area contributed by atoms with Gasteiger partial charge >= 0.3 is 6.03 Å². The fourth-order valence-electron chi connectivity index (χ4n) is 4.22. The average molecular weight is 581 g/mol. The van der Waals surface area contributed by atoms with Crippen LogP contribution in [0.2, 0.25) is 0 Å². The van der Waals surface area contributed by atoms with Crippen LogP contribution in [0.4, 0.5) is 30.8 Å². The summed E-state index contributed by atoms with van der Waals surface area (Å²) >= 11 is 0. The topological polar surface area (TPSA) is 165 Å². The van der Waals surface area contributed by atoms with Crippen LogP contribution in [0.1, 0.15) is 13.8 Å². The van der Waals surface area contributed by atoms with Gasteiger partial charge in [0.15, 0.2) is 29.1 Å². The Hall–Kier alpha value is -5.15. The molecule has 1 aliphatic heterocycles. The second-order valence-electron chi connectivity index (χ2n) is 9.31. The maximum atomic E-state index is 15.1. The van der Waals surface area contributed by atoms with Crippen molar-refractivity contribution in [2.45, 2.75) is 25.9 Å². The van der Waals surface area contributed by atoms with Crippen molar-refractivity contribution < 1.29 is 33.0 Å². The van der Waals surface area contributed by atoms with E-state index < -0.39 is 35.5 Å². The third kappa shape index (κ3) is 5.55. The van der Waals surface area contributed by atoms with E-state index in [0.29, 0.717) is 16.9 Å². The van der Waals surface area contributed by atoms with Gasteiger partial charge in [0.1, 0.15) is 17.0 Å². The van der Waals surface area contributed by atoms with Crippen LogP contribution in [0.5, 0.6) is 11.5 Å². The molecule has 1 unspecified atom stereocenters. The molecule has 0 spiro atoms. The van der Waals surface area contributed by atoms with Gasteiger partial charge in [-0.3, -0.25) is 19.7 Å². The van der Waals surface area contributed by atoms with Crippen LogP contribution in [0.15, 0.2) is 54.7 Å². The molecule has 4 aromatic rings. The molecule has 3 heterocycles. The van der Waals surface area contributed by atoms with E-state index in [0.717, 1.165) is 28.1 Å². The maximum absolute atomic E-state index is 15.1. The summed E-state index contributed by atoms with van der Waals surface area (Å²) in [4.78, 5) is 44.1. The lowest BCUT2D eigenvalue weighted by Gasteiger charge is -2.37. The number of aliphatic hydroxyl groups is 1. The second kappa shape index (κ2) is 11.8. The van der Waals surface area contributed by atoms with Crippen LogP contribution in [-0.4, -0.2) is 68.4 Å². The quantitative estimate of drug-likeness (QED) is 0.187. The van der Waals surface area contributed by atoms with Crippen LogP contribution in [-0.2, 0) is 9.59 Å². The predicted octanol–water partition coefficient (Wildman–Crippen LogP) is 3.12. The molecule has 2 aromatic carbocycles. The molecule has 0 radical (unpaired) electrons. The highest BCUT2D eigenvalue weighted by atomic mass is 19.1. The first-order valence-electron chi connectivity index (χ1n) is 12.9. The van der Waals surface area contributed by atoms with Gasteiger partial charge < -0.3 is 20.5 Å². The van der Waals surface area contributed by atoms with Crippen molar-refractivity contribution in [2.24, 2.45) is 0 Å². The molecule has 42 heavy (non-hydrogen) atoms. The zero-order valence-electron chi connectivity index (χ0n) is 22.4. The van der Waals surface area contributed by atoms with Gasteiger partial charge in [-0.05, 0) is 50.2 Å². The number of amides is 4. The summed E-state index contributed by atoms with van der Waals surface area (Å²) in [6, 6.07) is 7.30. The third-order valence-electron chi connectivity index (χ3n) is 6.34. The number of aromatic nitrogens is 3. The van der Waals surface area contributed by atoms with E-state index in [-0.39, 0.29) is 42.1 Å². The van der Waals surface area contributed by atoms with Crippen molar-refractivity contribution in [3.63, 3.8) is 0 Å². The number of anilines is 3. The third-order valence-corrected chi connectivity index (χ3v) is 6.34. The van der Waals surface area contributed by atoms with Crippen molar-refractivity contribution in [3.05, 3.63) is 66.4 Å². The monoisotopic (exact) mass is 580 g/mol. The fraction of sp³-hybridized carbons (Fsp3) is 0.222. The standard InChI is InChI=1S/C27H26F2N8O5/c1-3-36-27(41)37(17-7-4-15(28)5-8-17)26(40)22(35-36)25(39)32-16-6-9-19(18(29)12-16)42-20-10-11-30-23-21(20)24(34-33-23)31-14(2)13-38/h4-12,14,22,35,38H,3,13H2,1-2H3,(H,32,39)(H2,30,31,33,34)/t14-,22?/m1/s1. The molecule has 1 aliphatic rings. The highest BCUT2D eigenvalue weighted by Crippen LogP contribution is 2.34. The number of halogens is 2. The Balaban J connectivity index is 1.34. The van der Waals surface area contributed by atoms with E-state index in [1.54, 1.807) is 13.8 Å². The number of H-pyrrole nitrogens is 1. The van der Waals surface area contributed by atoms with Crippen LogP contribution in [0, 0.1) is 11.6 Å². The number of aromatic amines is 1. The van der Waals surface area contributed by atoms with Crippen molar-refractivity contribution in [3.8, 4) is 11.5 Å². The molecule has 5 rings (SSSR count). The lowest BCUT2D eigenvalue weighted by Crippen LogP contribution is -2.68. The molecule has 1 fully saturated rings. The fourth-order valence-corrected chi connectivity index (χ4v) is 4.22. The number of imide groups is 1. The van der Waals surface area contributed by atoms with Crippen molar-refractivity contribution in [1.82, 2.24) is 25.6 Å². The number of pyridine rings is 1. The SMILES string of the molecule is CCN1NC(C(=O)Nc2ccc(Oc3ccnc4[nH]nc(N[C@H](C)CO)c34)c(F)c2)C(=O)N(c2ccc(F)cc2)C1=O. The van der Waals surface area contributed by atoms with E-state index >= 15 is 4.39 Å². The number of aliphatic hydroxyl groups excluding tert-OH is 1. The highest BCUT2D eigenvalue weighted by molar-refractivity contribution is 6.25. The summed E-state index contributed by atoms with van der Waals surface area (Å²) < 4.78 is 34.4. The van der Waals surface area contributed by atoms with E-state index in [1.807, 2.05) is 0 Å². The average Bonchev–Trinajstić information content (AvgIpc) is 3.39. The van der Waals surface area contributed by atoms with Crippen LogP contribution in [0.3, 0.4) is 0 Å². The minimum absolute atomic E-state index is 0.0232. The number of nitrogens with zero attached hydrogens (tertiary/aromatic N) is 4. The molecule has 0 bridgehead atoms. The number of fused-ring (bicyclic) bond motifs is 1. The first-order chi connectivity index (χ1) is 20.2. The van der Waals surface area contributed by atoms with Gasteiger partial charge in [0.05, 0.1) is 12.3 Å². The smallest absolute Gasteiger partial charge is 0.345 e. The van der Waals surface area contributed by atoms with Gasteiger partial charge in [-0.15, -0.1) is 0 Å². The van der Waals surface area contributed by atoms with Gasteiger partial charge in [-0.25, -0.2) is 28.9 Å². The van der Waals surface area contributed by atoms with Crippen molar-refractivity contribution >= 4 is 46.1 Å². The van der Waals surface area contributed by atoms with E-state index in [1.165, 1.54) is 36.5 Å². The normalized spacial score (nSPS) is 16.1. The molecule has 13 nitrogen and oxygen atoms in total. The Kier molecular flexibility index (Phi) is 7.95. The zero-order valence-corrected chi connectivity index (χ0v) is 22.4. The van der Waals surface area contributed by atoms with Crippen LogP contribution >= 0.6 is 0 Å². The Labute approximate surface area is 237 Å². The molecule has 4 amide bonds. The van der Waals surface area contributed by atoms with Gasteiger partial charge in [0.25, 0.3) is 11.8 Å². The minimum atomic E-state index is -1.54. The summed E-state index contributed by atoms with van der Waals surface area (Å²) in [5.41, 5.74) is 3.07. The van der Waals surface area contributed by atoms with Crippen molar-refractivity contribution in [1.29, 1.82) is 0 Å². The molecule has 2 atom stereocenters. The number of rotatable bonds is 9. The molecular formula is C27H26F2N8O5. The molecule has 15 heteroatoms. The van der Waals surface area contributed by atoms with E-state index in [9.17, 15) is 23.9 Å². The lowest BCUT2D eigenvalue weighted by atomic mass is 10.1. The van der Waals surface area contributed by atoms with Gasteiger partial charge in [-0.2, -0.15) is 5.10 Å². The van der Waals surface area contributed by atoms with Gasteiger partial charge in [0, 0.05) is 36.6 Å². The molecule has 218 valence electrons. The Morgan fingerprint density at radius 2 is 1.90 bits per heavy atom. The van der Waals surface area contributed by atoms with E-state index in [4.69, 9.17) is 4.74 Å². The molecular weight excluding hydrogens is 554 g/mol. The van der Waals surface area contributed by atoms with Crippen molar-refractivity contribution in [2.75, 3.05) is 28.7 Å². The van der Waals surface area contributed by atoms with Crippen LogP contribution in [0.25, 0.3) is 11.0 Å². The Morgan fingerprint density at radius 1 is 1.14 bits per heavy atom. The molecule has 0 aliphatic carbocycles. The first-order valence-corrected chi connectivity index (χ1v) is 12.9. The summed E-state index contributed by atoms with van der Waals surface area (Å²) in [6.45, 7) is 3.35. The number of nitrogens with one attached hydrogen (secondary N) is 4. The highest BCUT2D eigenvalue weighted by Gasteiger charge is 2.43. The molecule has 5 N–H and O–H groups in total.